The number of nitrogens with two attached hydrogens (primary N) is 1. The number of pyridine rings is 1. The van der Waals surface area contributed by atoms with E-state index in [1.165, 1.54) is 11.1 Å². The quantitative estimate of drug-likeness (QED) is 0.919. The lowest BCUT2D eigenvalue weighted by atomic mass is 10.0. The summed E-state index contributed by atoms with van der Waals surface area (Å²) in [6, 6.07) is 10.1. The molecule has 1 heterocycles. The lowest BCUT2D eigenvalue weighted by Crippen LogP contribution is -2.22. The molecular weight excluding hydrogens is 270 g/mol. The molecule has 4 heteroatoms. The normalized spacial score (nSPS) is 12.2. The first-order valence-electron chi connectivity index (χ1n) is 6.71. The molecule has 3 nitrogen and oxygen atoms in total. The van der Waals surface area contributed by atoms with Crippen LogP contribution in [0, 0.1) is 0 Å². The van der Waals surface area contributed by atoms with Gasteiger partial charge in [-0.1, -0.05) is 23.7 Å². The number of anilines is 1. The Labute approximate surface area is 125 Å². The van der Waals surface area contributed by atoms with Gasteiger partial charge in [-0.15, -0.1) is 0 Å². The molecule has 1 unspecified atom stereocenters. The van der Waals surface area contributed by atoms with E-state index >= 15 is 0 Å². The van der Waals surface area contributed by atoms with Crippen molar-refractivity contribution < 1.29 is 0 Å². The van der Waals surface area contributed by atoms with Crippen LogP contribution in [0.4, 0.5) is 5.69 Å². The molecule has 0 fully saturated rings. The fraction of sp³-hybridized carbons (Fsp3) is 0.312. The van der Waals surface area contributed by atoms with Gasteiger partial charge in [-0.05, 0) is 42.7 Å². The van der Waals surface area contributed by atoms with Gasteiger partial charge in [-0.2, -0.15) is 0 Å². The predicted octanol–water partition coefficient (Wildman–Crippen LogP) is 3.26. The van der Waals surface area contributed by atoms with Crippen LogP contribution in [0.2, 0.25) is 5.02 Å². The minimum absolute atomic E-state index is 0.113. The summed E-state index contributed by atoms with van der Waals surface area (Å²) in [6.45, 7) is 2.80. The van der Waals surface area contributed by atoms with Crippen molar-refractivity contribution in [2.45, 2.75) is 25.9 Å². The SMILES string of the molecule is CC(N)Cc1cccc(Cl)c1N(C)Cc1ccncc1. The van der Waals surface area contributed by atoms with Crippen molar-refractivity contribution >= 4 is 17.3 Å². The highest BCUT2D eigenvalue weighted by atomic mass is 35.5. The van der Waals surface area contributed by atoms with Crippen LogP contribution in [0.5, 0.6) is 0 Å². The minimum atomic E-state index is 0.113. The summed E-state index contributed by atoms with van der Waals surface area (Å²) >= 11 is 6.38. The maximum absolute atomic E-state index is 6.38. The second-order valence-corrected chi connectivity index (χ2v) is 5.55. The lowest BCUT2D eigenvalue weighted by Gasteiger charge is -2.24. The summed E-state index contributed by atoms with van der Waals surface area (Å²) in [5, 5.41) is 0.764. The monoisotopic (exact) mass is 289 g/mol. The standard InChI is InChI=1S/C16H20ClN3/c1-12(18)10-14-4-3-5-15(17)16(14)20(2)11-13-6-8-19-9-7-13/h3-9,12H,10-11,18H2,1-2H3. The molecule has 20 heavy (non-hydrogen) atoms. The highest BCUT2D eigenvalue weighted by molar-refractivity contribution is 6.33. The summed E-state index contributed by atoms with van der Waals surface area (Å²) in [6.07, 6.45) is 4.42. The Balaban J connectivity index is 2.26. The molecule has 0 aliphatic heterocycles. The van der Waals surface area contributed by atoms with Crippen molar-refractivity contribution in [3.63, 3.8) is 0 Å². The Bertz CT molecular complexity index is 555. The molecule has 1 aromatic carbocycles. The Morgan fingerprint density at radius 3 is 2.60 bits per heavy atom. The molecule has 0 saturated carbocycles. The number of benzene rings is 1. The molecule has 0 amide bonds. The molecule has 2 rings (SSSR count). The van der Waals surface area contributed by atoms with E-state index in [-0.39, 0.29) is 6.04 Å². The Hall–Kier alpha value is -1.58. The maximum atomic E-state index is 6.38. The molecule has 1 atom stereocenters. The van der Waals surface area contributed by atoms with E-state index in [9.17, 15) is 0 Å². The van der Waals surface area contributed by atoms with Crippen molar-refractivity contribution in [3.05, 3.63) is 58.9 Å². The van der Waals surface area contributed by atoms with Crippen LogP contribution in [-0.2, 0) is 13.0 Å². The van der Waals surface area contributed by atoms with Gasteiger partial charge in [-0.25, -0.2) is 0 Å². The highest BCUT2D eigenvalue weighted by Crippen LogP contribution is 2.30. The first-order chi connectivity index (χ1) is 9.58. The lowest BCUT2D eigenvalue weighted by molar-refractivity contribution is 0.734. The maximum Gasteiger partial charge on any atom is 0.0642 e. The van der Waals surface area contributed by atoms with Crippen LogP contribution in [0.1, 0.15) is 18.1 Å². The number of rotatable bonds is 5. The third kappa shape index (κ3) is 3.71. The summed E-state index contributed by atoms with van der Waals surface area (Å²) in [4.78, 5) is 6.20. The van der Waals surface area contributed by atoms with E-state index in [0.29, 0.717) is 0 Å². The summed E-state index contributed by atoms with van der Waals surface area (Å²) < 4.78 is 0. The molecule has 0 saturated heterocycles. The molecule has 2 aromatic rings. The fourth-order valence-electron chi connectivity index (χ4n) is 2.34. The van der Waals surface area contributed by atoms with Crippen LogP contribution in [0.25, 0.3) is 0 Å². The van der Waals surface area contributed by atoms with Crippen LogP contribution >= 0.6 is 11.6 Å². The average molecular weight is 290 g/mol. The molecular formula is C16H20ClN3. The summed E-state index contributed by atoms with van der Waals surface area (Å²) in [7, 11) is 2.05. The van der Waals surface area contributed by atoms with Crippen LogP contribution in [-0.4, -0.2) is 18.1 Å². The number of aromatic nitrogens is 1. The van der Waals surface area contributed by atoms with E-state index in [1.807, 2.05) is 38.2 Å². The molecule has 106 valence electrons. The molecule has 0 spiro atoms. The van der Waals surface area contributed by atoms with Gasteiger partial charge in [0.25, 0.3) is 0 Å². The second kappa shape index (κ2) is 6.73. The zero-order valence-corrected chi connectivity index (χ0v) is 12.6. The molecule has 1 aromatic heterocycles. The first-order valence-corrected chi connectivity index (χ1v) is 7.08. The van der Waals surface area contributed by atoms with Gasteiger partial charge in [0.05, 0.1) is 10.7 Å². The largest absolute Gasteiger partial charge is 0.369 e. The molecule has 0 aliphatic rings. The van der Waals surface area contributed by atoms with Gasteiger partial charge in [-0.3, -0.25) is 4.98 Å². The van der Waals surface area contributed by atoms with Gasteiger partial charge >= 0.3 is 0 Å². The average Bonchev–Trinajstić information content (AvgIpc) is 2.39. The van der Waals surface area contributed by atoms with Crippen molar-refractivity contribution in [2.75, 3.05) is 11.9 Å². The highest BCUT2D eigenvalue weighted by Gasteiger charge is 2.13. The number of hydrogen-bond acceptors (Lipinski definition) is 3. The van der Waals surface area contributed by atoms with Crippen molar-refractivity contribution in [3.8, 4) is 0 Å². The van der Waals surface area contributed by atoms with Crippen LogP contribution in [0.15, 0.2) is 42.7 Å². The summed E-state index contributed by atoms with van der Waals surface area (Å²) in [5.74, 6) is 0. The smallest absolute Gasteiger partial charge is 0.0642 e. The van der Waals surface area contributed by atoms with E-state index in [2.05, 4.69) is 16.0 Å². The van der Waals surface area contributed by atoms with Gasteiger partial charge in [0.1, 0.15) is 0 Å². The topological polar surface area (TPSA) is 42.1 Å². The zero-order valence-electron chi connectivity index (χ0n) is 11.9. The number of nitrogens with zero attached hydrogens (tertiary/aromatic N) is 2. The third-order valence-electron chi connectivity index (χ3n) is 3.16. The van der Waals surface area contributed by atoms with Gasteiger partial charge in [0.2, 0.25) is 0 Å². The van der Waals surface area contributed by atoms with Crippen LogP contribution in [0.3, 0.4) is 0 Å². The van der Waals surface area contributed by atoms with E-state index < -0.39 is 0 Å². The molecule has 0 radical (unpaired) electrons. The number of para-hydroxylation sites is 1. The number of halogens is 1. The Kier molecular flexibility index (Phi) is 4.99. The van der Waals surface area contributed by atoms with Gasteiger partial charge in [0, 0.05) is 32.0 Å². The molecule has 0 aliphatic carbocycles. The van der Waals surface area contributed by atoms with Crippen molar-refractivity contribution in [1.29, 1.82) is 0 Å². The molecule has 2 N–H and O–H groups in total. The zero-order chi connectivity index (χ0) is 14.5. The number of hydrogen-bond donors (Lipinski definition) is 1. The summed E-state index contributed by atoms with van der Waals surface area (Å²) in [5.41, 5.74) is 9.37. The molecule has 0 bridgehead atoms. The van der Waals surface area contributed by atoms with Crippen molar-refractivity contribution in [2.24, 2.45) is 5.73 Å². The van der Waals surface area contributed by atoms with E-state index in [4.69, 9.17) is 17.3 Å². The Morgan fingerprint density at radius 1 is 1.25 bits per heavy atom. The minimum Gasteiger partial charge on any atom is -0.369 e. The van der Waals surface area contributed by atoms with E-state index in [1.54, 1.807) is 12.4 Å². The van der Waals surface area contributed by atoms with E-state index in [0.717, 1.165) is 23.7 Å². The second-order valence-electron chi connectivity index (χ2n) is 5.14. The predicted molar refractivity (Wildman–Crippen MR) is 85.1 cm³/mol. The van der Waals surface area contributed by atoms with Crippen LogP contribution < -0.4 is 10.6 Å². The fourth-order valence-corrected chi connectivity index (χ4v) is 2.68. The third-order valence-corrected chi connectivity index (χ3v) is 3.47. The first kappa shape index (κ1) is 14.8. The van der Waals surface area contributed by atoms with Gasteiger partial charge < -0.3 is 10.6 Å². The van der Waals surface area contributed by atoms with Gasteiger partial charge in [0.15, 0.2) is 0 Å². The Morgan fingerprint density at radius 2 is 1.95 bits per heavy atom. The van der Waals surface area contributed by atoms with Crippen molar-refractivity contribution in [1.82, 2.24) is 4.98 Å².